The minimum Gasteiger partial charge on any atom is -0.385 e. The number of nitrogens with zero attached hydrogens (tertiary/aromatic N) is 4. The number of amides is 1. The van der Waals surface area contributed by atoms with Gasteiger partial charge in [0.15, 0.2) is 5.82 Å². The highest BCUT2D eigenvalue weighted by Crippen LogP contribution is 2.37. The van der Waals surface area contributed by atoms with Crippen LogP contribution in [0.1, 0.15) is 37.1 Å². The number of ether oxygens (including phenoxy) is 1. The van der Waals surface area contributed by atoms with Gasteiger partial charge in [0, 0.05) is 51.2 Å². The third kappa shape index (κ3) is 4.99. The van der Waals surface area contributed by atoms with Gasteiger partial charge in [-0.3, -0.25) is 9.78 Å². The van der Waals surface area contributed by atoms with Crippen LogP contribution in [0.25, 0.3) is 11.5 Å². The minimum absolute atomic E-state index is 0.170. The standard InChI is InChI=1S/C24H28N4O3/c1-30-17-13-24(23-26-22(31-27-23)20-10-14-25-15-11-20)12-5-16-28(18-24)21(29)9-8-19-6-3-2-4-7-19/h2-4,6-7,10-11,14-15H,5,8-9,12-13,16-18H2,1H3. The van der Waals surface area contributed by atoms with E-state index in [1.54, 1.807) is 19.5 Å². The van der Waals surface area contributed by atoms with Crippen LogP contribution in [-0.4, -0.2) is 52.7 Å². The molecule has 2 aromatic heterocycles. The average molecular weight is 421 g/mol. The van der Waals surface area contributed by atoms with Crippen molar-refractivity contribution in [2.24, 2.45) is 0 Å². The Kier molecular flexibility index (Phi) is 6.72. The monoisotopic (exact) mass is 420 g/mol. The molecule has 7 nitrogen and oxygen atoms in total. The summed E-state index contributed by atoms with van der Waals surface area (Å²) >= 11 is 0. The van der Waals surface area contributed by atoms with E-state index >= 15 is 0 Å². The fourth-order valence-corrected chi connectivity index (χ4v) is 4.25. The zero-order chi connectivity index (χ0) is 21.5. The molecule has 0 spiro atoms. The van der Waals surface area contributed by atoms with E-state index in [4.69, 9.17) is 14.2 Å². The molecule has 1 saturated heterocycles. The molecular formula is C24H28N4O3. The molecule has 0 bridgehead atoms. The van der Waals surface area contributed by atoms with E-state index in [2.05, 4.69) is 22.3 Å². The summed E-state index contributed by atoms with van der Waals surface area (Å²) in [6, 6.07) is 13.8. The van der Waals surface area contributed by atoms with Crippen molar-refractivity contribution in [3.8, 4) is 11.5 Å². The van der Waals surface area contributed by atoms with Gasteiger partial charge >= 0.3 is 0 Å². The van der Waals surface area contributed by atoms with Crippen LogP contribution in [0, 0.1) is 0 Å². The number of methoxy groups -OCH3 is 1. The van der Waals surface area contributed by atoms with Crippen molar-refractivity contribution in [1.82, 2.24) is 20.0 Å². The predicted octanol–water partition coefficient (Wildman–Crippen LogP) is 3.66. The molecule has 1 fully saturated rings. The summed E-state index contributed by atoms with van der Waals surface area (Å²) < 4.78 is 11.0. The molecule has 1 unspecified atom stereocenters. The molecule has 3 heterocycles. The summed E-state index contributed by atoms with van der Waals surface area (Å²) in [5.41, 5.74) is 1.65. The number of pyridine rings is 1. The quantitative estimate of drug-likeness (QED) is 0.553. The zero-order valence-electron chi connectivity index (χ0n) is 17.9. The number of hydrogen-bond donors (Lipinski definition) is 0. The van der Waals surface area contributed by atoms with Gasteiger partial charge in [0.1, 0.15) is 0 Å². The van der Waals surface area contributed by atoms with Gasteiger partial charge in [-0.2, -0.15) is 4.98 Å². The van der Waals surface area contributed by atoms with Crippen molar-refractivity contribution in [3.63, 3.8) is 0 Å². The Labute approximate surface area is 182 Å². The Morgan fingerprint density at radius 1 is 1.19 bits per heavy atom. The van der Waals surface area contributed by atoms with Crippen molar-refractivity contribution in [3.05, 3.63) is 66.2 Å². The summed E-state index contributed by atoms with van der Waals surface area (Å²) in [4.78, 5) is 23.7. The molecule has 3 aromatic rings. The molecule has 1 aliphatic rings. The topological polar surface area (TPSA) is 81.3 Å². The first-order valence-electron chi connectivity index (χ1n) is 10.8. The van der Waals surface area contributed by atoms with Crippen LogP contribution in [0.15, 0.2) is 59.4 Å². The first-order valence-corrected chi connectivity index (χ1v) is 10.8. The molecule has 31 heavy (non-hydrogen) atoms. The van der Waals surface area contributed by atoms with Crippen molar-refractivity contribution in [2.75, 3.05) is 26.8 Å². The molecule has 1 aliphatic heterocycles. The zero-order valence-corrected chi connectivity index (χ0v) is 17.9. The van der Waals surface area contributed by atoms with Gasteiger partial charge in [-0.1, -0.05) is 35.5 Å². The van der Waals surface area contributed by atoms with Gasteiger partial charge in [0.2, 0.25) is 5.91 Å². The Morgan fingerprint density at radius 3 is 2.77 bits per heavy atom. The Morgan fingerprint density at radius 2 is 2.00 bits per heavy atom. The molecule has 0 radical (unpaired) electrons. The van der Waals surface area contributed by atoms with E-state index in [0.717, 1.165) is 37.8 Å². The molecule has 4 rings (SSSR count). The fraction of sp³-hybridized carbons (Fsp3) is 0.417. The third-order valence-corrected chi connectivity index (χ3v) is 6.01. The van der Waals surface area contributed by atoms with Crippen LogP contribution in [-0.2, 0) is 21.4 Å². The van der Waals surface area contributed by atoms with E-state index in [-0.39, 0.29) is 11.3 Å². The smallest absolute Gasteiger partial charge is 0.258 e. The second kappa shape index (κ2) is 9.83. The maximum Gasteiger partial charge on any atom is 0.258 e. The second-order valence-electron chi connectivity index (χ2n) is 8.09. The number of aromatic nitrogens is 3. The second-order valence-corrected chi connectivity index (χ2v) is 8.09. The highest BCUT2D eigenvalue weighted by Gasteiger charge is 2.42. The number of rotatable bonds is 8. The number of piperidine rings is 1. The average Bonchev–Trinajstić information content (AvgIpc) is 3.34. The van der Waals surface area contributed by atoms with Crippen LogP contribution in [0.4, 0.5) is 0 Å². The largest absolute Gasteiger partial charge is 0.385 e. The van der Waals surface area contributed by atoms with Crippen LogP contribution in [0.3, 0.4) is 0 Å². The Hall–Kier alpha value is -3.06. The third-order valence-electron chi connectivity index (χ3n) is 6.01. The summed E-state index contributed by atoms with van der Waals surface area (Å²) in [6.45, 7) is 1.92. The van der Waals surface area contributed by atoms with Gasteiger partial charge in [-0.05, 0) is 43.4 Å². The molecule has 162 valence electrons. The number of likely N-dealkylation sites (tertiary alicyclic amines) is 1. The Balaban J connectivity index is 1.51. The van der Waals surface area contributed by atoms with Crippen molar-refractivity contribution in [2.45, 2.75) is 37.5 Å². The van der Waals surface area contributed by atoms with Gasteiger partial charge in [-0.15, -0.1) is 0 Å². The molecule has 0 aliphatic carbocycles. The molecule has 1 aromatic carbocycles. The summed E-state index contributed by atoms with van der Waals surface area (Å²) in [7, 11) is 1.69. The van der Waals surface area contributed by atoms with Crippen molar-refractivity contribution >= 4 is 5.91 Å². The minimum atomic E-state index is -0.370. The van der Waals surface area contributed by atoms with Crippen LogP contribution in [0.5, 0.6) is 0 Å². The Bertz CT molecular complexity index is 977. The molecule has 0 N–H and O–H groups in total. The molecule has 0 saturated carbocycles. The molecule has 1 amide bonds. The highest BCUT2D eigenvalue weighted by atomic mass is 16.5. The van der Waals surface area contributed by atoms with Crippen LogP contribution >= 0.6 is 0 Å². The van der Waals surface area contributed by atoms with Gasteiger partial charge < -0.3 is 14.2 Å². The van der Waals surface area contributed by atoms with E-state index in [1.807, 2.05) is 35.2 Å². The van der Waals surface area contributed by atoms with Crippen LogP contribution < -0.4 is 0 Å². The summed E-state index contributed by atoms with van der Waals surface area (Å²) in [6.07, 6.45) is 7.19. The fourth-order valence-electron chi connectivity index (χ4n) is 4.25. The highest BCUT2D eigenvalue weighted by molar-refractivity contribution is 5.76. The number of hydrogen-bond acceptors (Lipinski definition) is 6. The van der Waals surface area contributed by atoms with Gasteiger partial charge in [0.25, 0.3) is 5.89 Å². The predicted molar refractivity (Wildman–Crippen MR) is 116 cm³/mol. The molecule has 1 atom stereocenters. The van der Waals surface area contributed by atoms with Crippen LogP contribution in [0.2, 0.25) is 0 Å². The van der Waals surface area contributed by atoms with E-state index in [1.165, 1.54) is 5.56 Å². The first-order chi connectivity index (χ1) is 15.2. The van der Waals surface area contributed by atoms with Gasteiger partial charge in [0.05, 0.1) is 5.41 Å². The van der Waals surface area contributed by atoms with Crippen molar-refractivity contribution < 1.29 is 14.1 Å². The lowest BCUT2D eigenvalue weighted by atomic mass is 9.76. The lowest BCUT2D eigenvalue weighted by Gasteiger charge is -2.41. The van der Waals surface area contributed by atoms with E-state index < -0.39 is 0 Å². The molecular weight excluding hydrogens is 392 g/mol. The lowest BCUT2D eigenvalue weighted by molar-refractivity contribution is -0.133. The number of carbonyl (C=O) groups excluding carboxylic acids is 1. The van der Waals surface area contributed by atoms with E-state index in [0.29, 0.717) is 31.3 Å². The SMILES string of the molecule is COCCC1(c2noc(-c3ccncc3)n2)CCCN(C(=O)CCc2ccccc2)C1. The number of carbonyl (C=O) groups is 1. The van der Waals surface area contributed by atoms with E-state index in [9.17, 15) is 4.79 Å². The summed E-state index contributed by atoms with van der Waals surface area (Å²) in [5.74, 6) is 1.29. The maximum atomic E-state index is 13.0. The van der Waals surface area contributed by atoms with Gasteiger partial charge in [-0.25, -0.2) is 0 Å². The maximum absolute atomic E-state index is 13.0. The normalized spacial score (nSPS) is 18.8. The first kappa shape index (κ1) is 21.2. The number of benzene rings is 1. The summed E-state index contributed by atoms with van der Waals surface area (Å²) in [5, 5.41) is 4.33. The van der Waals surface area contributed by atoms with Crippen molar-refractivity contribution in [1.29, 1.82) is 0 Å². The lowest BCUT2D eigenvalue weighted by Crippen LogP contribution is -2.49. The number of aryl methyl sites for hydroxylation is 1. The molecule has 7 heteroatoms.